The van der Waals surface area contributed by atoms with E-state index in [1.54, 1.807) is 6.20 Å². The van der Waals surface area contributed by atoms with Crippen molar-refractivity contribution in [3.8, 4) is 0 Å². The highest BCUT2D eigenvalue weighted by Crippen LogP contribution is 2.05. The summed E-state index contributed by atoms with van der Waals surface area (Å²) < 4.78 is 1.85. The summed E-state index contributed by atoms with van der Waals surface area (Å²) in [5.41, 5.74) is 0. The van der Waals surface area contributed by atoms with Crippen LogP contribution in [0.1, 0.15) is 13.3 Å². The summed E-state index contributed by atoms with van der Waals surface area (Å²) in [5, 5.41) is 11.6. The standard InChI is InChI=1S/C9H15N3O2/c1-7(5-8(13)14)6-11-9-10-3-4-12(9)2/h3-4,7H,5-6H2,1-2H3,(H,10,11)(H,13,14). The lowest BCUT2D eigenvalue weighted by atomic mass is 10.1. The largest absolute Gasteiger partial charge is 0.481 e. The summed E-state index contributed by atoms with van der Waals surface area (Å²) >= 11 is 0. The second-order valence-electron chi connectivity index (χ2n) is 3.45. The molecule has 5 heteroatoms. The highest BCUT2D eigenvalue weighted by Gasteiger charge is 2.07. The van der Waals surface area contributed by atoms with Crippen LogP contribution in [0.25, 0.3) is 0 Å². The highest BCUT2D eigenvalue weighted by molar-refractivity contribution is 5.67. The predicted molar refractivity (Wildman–Crippen MR) is 53.1 cm³/mol. The van der Waals surface area contributed by atoms with Crippen molar-refractivity contribution in [3.05, 3.63) is 12.4 Å². The Hall–Kier alpha value is -1.52. The average Bonchev–Trinajstić information content (AvgIpc) is 2.46. The fraction of sp³-hybridized carbons (Fsp3) is 0.556. The summed E-state index contributed by atoms with van der Waals surface area (Å²) in [4.78, 5) is 14.5. The minimum absolute atomic E-state index is 0.101. The third-order valence-electron chi connectivity index (χ3n) is 1.95. The van der Waals surface area contributed by atoms with E-state index in [0.29, 0.717) is 6.54 Å². The average molecular weight is 197 g/mol. The molecule has 0 aliphatic carbocycles. The molecule has 1 aromatic heterocycles. The molecule has 1 heterocycles. The van der Waals surface area contributed by atoms with E-state index in [1.807, 2.05) is 24.7 Å². The maximum atomic E-state index is 10.4. The Morgan fingerprint density at radius 2 is 2.50 bits per heavy atom. The second-order valence-corrected chi connectivity index (χ2v) is 3.45. The quantitative estimate of drug-likeness (QED) is 0.737. The Morgan fingerprint density at radius 3 is 3.00 bits per heavy atom. The molecule has 0 amide bonds. The molecule has 0 aromatic carbocycles. The number of nitrogens with zero attached hydrogens (tertiary/aromatic N) is 2. The van der Waals surface area contributed by atoms with E-state index in [9.17, 15) is 4.79 Å². The zero-order valence-electron chi connectivity index (χ0n) is 8.40. The van der Waals surface area contributed by atoms with Gasteiger partial charge in [-0.3, -0.25) is 4.79 Å². The number of carbonyl (C=O) groups is 1. The third kappa shape index (κ3) is 3.08. The van der Waals surface area contributed by atoms with Gasteiger partial charge in [-0.2, -0.15) is 0 Å². The first-order valence-corrected chi connectivity index (χ1v) is 4.52. The van der Waals surface area contributed by atoms with Crippen molar-refractivity contribution in [2.24, 2.45) is 13.0 Å². The van der Waals surface area contributed by atoms with Crippen molar-refractivity contribution in [3.63, 3.8) is 0 Å². The first-order chi connectivity index (χ1) is 6.59. The fourth-order valence-corrected chi connectivity index (χ4v) is 1.17. The number of anilines is 1. The van der Waals surface area contributed by atoms with E-state index in [4.69, 9.17) is 5.11 Å². The second kappa shape index (κ2) is 4.64. The van der Waals surface area contributed by atoms with Gasteiger partial charge in [0.05, 0.1) is 0 Å². The van der Waals surface area contributed by atoms with E-state index >= 15 is 0 Å². The fourth-order valence-electron chi connectivity index (χ4n) is 1.17. The Labute approximate surface area is 82.8 Å². The zero-order chi connectivity index (χ0) is 10.6. The predicted octanol–water partition coefficient (Wildman–Crippen LogP) is 0.943. The van der Waals surface area contributed by atoms with Crippen molar-refractivity contribution < 1.29 is 9.90 Å². The summed E-state index contributed by atoms with van der Waals surface area (Å²) in [5.74, 6) is 0.102. The van der Waals surface area contributed by atoms with Crippen LogP contribution in [0.3, 0.4) is 0 Å². The summed E-state index contributed by atoms with van der Waals surface area (Å²) in [6.45, 7) is 2.52. The van der Waals surface area contributed by atoms with Gasteiger partial charge in [0, 0.05) is 32.4 Å². The number of aryl methyl sites for hydroxylation is 1. The topological polar surface area (TPSA) is 67.2 Å². The molecule has 78 valence electrons. The van der Waals surface area contributed by atoms with Crippen molar-refractivity contribution in [1.82, 2.24) is 9.55 Å². The highest BCUT2D eigenvalue weighted by atomic mass is 16.4. The minimum atomic E-state index is -0.765. The van der Waals surface area contributed by atoms with Crippen LogP contribution in [0.4, 0.5) is 5.95 Å². The zero-order valence-corrected chi connectivity index (χ0v) is 8.40. The maximum absolute atomic E-state index is 10.4. The molecule has 0 aliphatic rings. The molecule has 0 aliphatic heterocycles. The van der Waals surface area contributed by atoms with Gasteiger partial charge in [0.25, 0.3) is 0 Å². The van der Waals surface area contributed by atoms with Gasteiger partial charge in [0.15, 0.2) is 0 Å². The first-order valence-electron chi connectivity index (χ1n) is 4.52. The molecule has 1 atom stereocenters. The van der Waals surface area contributed by atoms with Crippen LogP contribution >= 0.6 is 0 Å². The molecule has 0 spiro atoms. The number of carboxylic acids is 1. The Morgan fingerprint density at radius 1 is 1.79 bits per heavy atom. The number of rotatable bonds is 5. The van der Waals surface area contributed by atoms with Crippen LogP contribution in [0.2, 0.25) is 0 Å². The van der Waals surface area contributed by atoms with Gasteiger partial charge in [-0.15, -0.1) is 0 Å². The van der Waals surface area contributed by atoms with Crippen LogP contribution < -0.4 is 5.32 Å². The van der Waals surface area contributed by atoms with Gasteiger partial charge in [0.1, 0.15) is 0 Å². The van der Waals surface area contributed by atoms with Gasteiger partial charge in [0.2, 0.25) is 5.95 Å². The van der Waals surface area contributed by atoms with E-state index < -0.39 is 5.97 Å². The molecule has 0 saturated carbocycles. The normalized spacial score (nSPS) is 12.4. The third-order valence-corrected chi connectivity index (χ3v) is 1.95. The first kappa shape index (κ1) is 10.6. The van der Waals surface area contributed by atoms with E-state index in [0.717, 1.165) is 5.95 Å². The smallest absolute Gasteiger partial charge is 0.303 e. The van der Waals surface area contributed by atoms with Crippen molar-refractivity contribution >= 4 is 11.9 Å². The van der Waals surface area contributed by atoms with Gasteiger partial charge < -0.3 is 15.0 Å². The molecule has 1 aromatic rings. The summed E-state index contributed by atoms with van der Waals surface area (Å²) in [6, 6.07) is 0. The minimum Gasteiger partial charge on any atom is -0.481 e. The Kier molecular flexibility index (Phi) is 3.50. The lowest BCUT2D eigenvalue weighted by molar-refractivity contribution is -0.137. The van der Waals surface area contributed by atoms with Gasteiger partial charge in [-0.25, -0.2) is 4.98 Å². The molecule has 14 heavy (non-hydrogen) atoms. The van der Waals surface area contributed by atoms with Gasteiger partial charge in [-0.1, -0.05) is 6.92 Å². The number of hydrogen-bond acceptors (Lipinski definition) is 3. The SMILES string of the molecule is CC(CNc1nccn1C)CC(=O)O. The van der Waals surface area contributed by atoms with E-state index in [1.165, 1.54) is 0 Å². The lowest BCUT2D eigenvalue weighted by Crippen LogP contribution is -2.16. The van der Waals surface area contributed by atoms with Crippen LogP contribution in [0, 0.1) is 5.92 Å². The molecule has 1 unspecified atom stereocenters. The molecular weight excluding hydrogens is 182 g/mol. The van der Waals surface area contributed by atoms with Gasteiger partial charge >= 0.3 is 5.97 Å². The van der Waals surface area contributed by atoms with E-state index in [2.05, 4.69) is 10.3 Å². The van der Waals surface area contributed by atoms with Crippen molar-refractivity contribution in [2.45, 2.75) is 13.3 Å². The maximum Gasteiger partial charge on any atom is 0.303 e. The molecule has 0 bridgehead atoms. The number of hydrogen-bond donors (Lipinski definition) is 2. The molecule has 5 nitrogen and oxygen atoms in total. The Balaban J connectivity index is 2.34. The lowest BCUT2D eigenvalue weighted by Gasteiger charge is -2.10. The van der Waals surface area contributed by atoms with Gasteiger partial charge in [-0.05, 0) is 5.92 Å². The molecule has 0 radical (unpaired) electrons. The van der Waals surface area contributed by atoms with Crippen LogP contribution in [0.15, 0.2) is 12.4 Å². The number of aromatic nitrogens is 2. The van der Waals surface area contributed by atoms with Crippen molar-refractivity contribution in [1.29, 1.82) is 0 Å². The number of imidazole rings is 1. The Bertz CT molecular complexity index is 309. The molecule has 0 saturated heterocycles. The summed E-state index contributed by atoms with van der Waals surface area (Å²) in [7, 11) is 1.89. The summed E-state index contributed by atoms with van der Waals surface area (Å²) in [6.07, 6.45) is 3.71. The van der Waals surface area contributed by atoms with Crippen LogP contribution in [-0.4, -0.2) is 27.2 Å². The molecule has 0 fully saturated rings. The van der Waals surface area contributed by atoms with Crippen molar-refractivity contribution in [2.75, 3.05) is 11.9 Å². The molecular formula is C9H15N3O2. The number of nitrogens with one attached hydrogen (secondary N) is 1. The number of carboxylic acid groups (broad SMARTS) is 1. The molecule has 2 N–H and O–H groups in total. The van der Waals surface area contributed by atoms with E-state index in [-0.39, 0.29) is 12.3 Å². The monoisotopic (exact) mass is 197 g/mol. The van der Waals surface area contributed by atoms with Crippen LogP contribution in [0.5, 0.6) is 0 Å². The number of aliphatic carboxylic acids is 1. The molecule has 1 rings (SSSR count). The van der Waals surface area contributed by atoms with Crippen LogP contribution in [-0.2, 0) is 11.8 Å².